The van der Waals surface area contributed by atoms with Crippen molar-refractivity contribution in [3.8, 4) is 11.1 Å². The van der Waals surface area contributed by atoms with Crippen molar-refractivity contribution in [1.29, 1.82) is 0 Å². The maximum absolute atomic E-state index is 12.5. The summed E-state index contributed by atoms with van der Waals surface area (Å²) < 4.78 is 0. The van der Waals surface area contributed by atoms with Crippen LogP contribution in [0.2, 0.25) is 0 Å². The van der Waals surface area contributed by atoms with E-state index >= 15 is 0 Å². The van der Waals surface area contributed by atoms with E-state index in [2.05, 4.69) is 23.8 Å². The highest BCUT2D eigenvalue weighted by molar-refractivity contribution is 5.90. The minimum Gasteiger partial charge on any atom is -0.335 e. The fraction of sp³-hybridized carbons (Fsp3) is 0.389. The lowest BCUT2D eigenvalue weighted by Crippen LogP contribution is -2.44. The first kappa shape index (κ1) is 14.7. The van der Waals surface area contributed by atoms with Crippen LogP contribution in [-0.2, 0) is 0 Å². The number of piperidine rings is 1. The molecule has 22 heavy (non-hydrogen) atoms. The zero-order valence-corrected chi connectivity index (χ0v) is 13.1. The molecule has 2 heterocycles. The molecule has 1 amide bonds. The third-order valence-electron chi connectivity index (χ3n) is 4.14. The number of carbonyl (C=O) groups is 1. The Kier molecular flexibility index (Phi) is 3.92. The molecule has 0 N–H and O–H groups in total. The van der Waals surface area contributed by atoms with Gasteiger partial charge in [0.05, 0.1) is 0 Å². The second-order valence-corrected chi connectivity index (χ2v) is 6.66. The summed E-state index contributed by atoms with van der Waals surface area (Å²) in [6, 6.07) is 9.94. The molecular formula is C18H21N3O. The van der Waals surface area contributed by atoms with Gasteiger partial charge in [-0.05, 0) is 23.8 Å². The first-order valence-corrected chi connectivity index (χ1v) is 7.72. The predicted octanol–water partition coefficient (Wildman–Crippen LogP) is 3.41. The fourth-order valence-corrected chi connectivity index (χ4v) is 2.96. The number of rotatable bonds is 2. The Morgan fingerprint density at radius 3 is 2.41 bits per heavy atom. The molecule has 0 atom stereocenters. The third kappa shape index (κ3) is 3.16. The van der Waals surface area contributed by atoms with Gasteiger partial charge in [-0.25, -0.2) is 9.97 Å². The van der Waals surface area contributed by atoms with Gasteiger partial charge in [-0.3, -0.25) is 4.79 Å². The molecule has 2 aromatic rings. The molecule has 0 unspecified atom stereocenters. The normalized spacial score (nSPS) is 17.3. The number of likely N-dealkylation sites (tertiary alicyclic amines) is 1. The molecule has 3 rings (SSSR count). The standard InChI is InChI=1S/C18H21N3O/c1-18(2)9-6-10-21(13-18)17(22)16-19-11-15(12-20-16)14-7-4-3-5-8-14/h3-5,7-8,11-12H,6,9-10,13H2,1-2H3. The summed E-state index contributed by atoms with van der Waals surface area (Å²) >= 11 is 0. The van der Waals surface area contributed by atoms with Crippen LogP contribution < -0.4 is 0 Å². The maximum atomic E-state index is 12.5. The number of hydrogen-bond donors (Lipinski definition) is 0. The first-order valence-electron chi connectivity index (χ1n) is 7.72. The van der Waals surface area contributed by atoms with Crippen LogP contribution in [0, 0.1) is 5.41 Å². The van der Waals surface area contributed by atoms with Gasteiger partial charge in [0, 0.05) is 31.0 Å². The van der Waals surface area contributed by atoms with Gasteiger partial charge in [-0.2, -0.15) is 0 Å². The number of carbonyl (C=O) groups excluding carboxylic acids is 1. The van der Waals surface area contributed by atoms with Gasteiger partial charge in [0.2, 0.25) is 5.82 Å². The van der Waals surface area contributed by atoms with Crippen LogP contribution in [-0.4, -0.2) is 33.9 Å². The van der Waals surface area contributed by atoms with Gasteiger partial charge in [-0.15, -0.1) is 0 Å². The lowest BCUT2D eigenvalue weighted by atomic mass is 9.84. The van der Waals surface area contributed by atoms with E-state index in [4.69, 9.17) is 0 Å². The summed E-state index contributed by atoms with van der Waals surface area (Å²) in [6.45, 7) is 5.97. The largest absolute Gasteiger partial charge is 0.335 e. The molecule has 1 fully saturated rings. The summed E-state index contributed by atoms with van der Waals surface area (Å²) in [5.41, 5.74) is 2.16. The zero-order chi connectivity index (χ0) is 15.6. The molecule has 0 aliphatic carbocycles. The van der Waals surface area contributed by atoms with E-state index in [9.17, 15) is 4.79 Å². The monoisotopic (exact) mass is 295 g/mol. The summed E-state index contributed by atoms with van der Waals surface area (Å²) in [4.78, 5) is 23.0. The Labute approximate surface area is 131 Å². The van der Waals surface area contributed by atoms with Gasteiger partial charge in [0.1, 0.15) is 0 Å². The maximum Gasteiger partial charge on any atom is 0.291 e. The van der Waals surface area contributed by atoms with Crippen molar-refractivity contribution in [2.75, 3.05) is 13.1 Å². The van der Waals surface area contributed by atoms with E-state index in [1.807, 2.05) is 35.2 Å². The molecule has 4 nitrogen and oxygen atoms in total. The van der Waals surface area contributed by atoms with Crippen molar-refractivity contribution in [2.45, 2.75) is 26.7 Å². The summed E-state index contributed by atoms with van der Waals surface area (Å²) in [7, 11) is 0. The fourth-order valence-electron chi connectivity index (χ4n) is 2.96. The van der Waals surface area contributed by atoms with Crippen LogP contribution >= 0.6 is 0 Å². The van der Waals surface area contributed by atoms with E-state index in [0.29, 0.717) is 0 Å². The molecule has 1 aromatic heterocycles. The van der Waals surface area contributed by atoms with Gasteiger partial charge in [-0.1, -0.05) is 44.2 Å². The van der Waals surface area contributed by atoms with Crippen LogP contribution in [0.15, 0.2) is 42.7 Å². The Bertz CT molecular complexity index is 650. The van der Waals surface area contributed by atoms with Crippen molar-refractivity contribution in [3.63, 3.8) is 0 Å². The molecule has 1 aromatic carbocycles. The van der Waals surface area contributed by atoms with E-state index < -0.39 is 0 Å². The predicted molar refractivity (Wildman–Crippen MR) is 86.4 cm³/mol. The van der Waals surface area contributed by atoms with Crippen molar-refractivity contribution in [2.24, 2.45) is 5.41 Å². The minimum atomic E-state index is -0.0626. The Balaban J connectivity index is 1.77. The average Bonchev–Trinajstić information content (AvgIpc) is 2.54. The van der Waals surface area contributed by atoms with Crippen LogP contribution in [0.4, 0.5) is 0 Å². The molecule has 0 radical (unpaired) electrons. The topological polar surface area (TPSA) is 46.1 Å². The van der Waals surface area contributed by atoms with E-state index in [1.54, 1.807) is 12.4 Å². The number of hydrogen-bond acceptors (Lipinski definition) is 3. The molecule has 1 saturated heterocycles. The average molecular weight is 295 g/mol. The van der Waals surface area contributed by atoms with Crippen molar-refractivity contribution < 1.29 is 4.79 Å². The second kappa shape index (κ2) is 5.87. The first-order chi connectivity index (χ1) is 10.6. The SMILES string of the molecule is CC1(C)CCCN(C(=O)c2ncc(-c3ccccc3)cn2)C1. The lowest BCUT2D eigenvalue weighted by Gasteiger charge is -2.37. The lowest BCUT2D eigenvalue weighted by molar-refractivity contribution is 0.0571. The molecule has 0 bridgehead atoms. The smallest absolute Gasteiger partial charge is 0.291 e. The third-order valence-corrected chi connectivity index (χ3v) is 4.14. The second-order valence-electron chi connectivity index (χ2n) is 6.66. The van der Waals surface area contributed by atoms with Crippen molar-refractivity contribution >= 4 is 5.91 Å². The summed E-state index contributed by atoms with van der Waals surface area (Å²) in [6.07, 6.45) is 5.65. The van der Waals surface area contributed by atoms with Crippen LogP contribution in [0.25, 0.3) is 11.1 Å². The Hall–Kier alpha value is -2.23. The molecule has 0 saturated carbocycles. The molecule has 4 heteroatoms. The summed E-state index contributed by atoms with van der Waals surface area (Å²) in [5.74, 6) is 0.227. The number of aromatic nitrogens is 2. The zero-order valence-electron chi connectivity index (χ0n) is 13.1. The minimum absolute atomic E-state index is 0.0626. The van der Waals surface area contributed by atoms with E-state index in [1.165, 1.54) is 0 Å². The van der Waals surface area contributed by atoms with Crippen molar-refractivity contribution in [1.82, 2.24) is 14.9 Å². The molecule has 0 spiro atoms. The highest BCUT2D eigenvalue weighted by atomic mass is 16.2. The Morgan fingerprint density at radius 2 is 1.77 bits per heavy atom. The van der Waals surface area contributed by atoms with Crippen LogP contribution in [0.5, 0.6) is 0 Å². The summed E-state index contributed by atoms with van der Waals surface area (Å²) in [5, 5.41) is 0. The number of benzene rings is 1. The molecular weight excluding hydrogens is 274 g/mol. The highest BCUT2D eigenvalue weighted by Gasteiger charge is 2.30. The van der Waals surface area contributed by atoms with E-state index in [-0.39, 0.29) is 17.1 Å². The van der Waals surface area contributed by atoms with E-state index in [0.717, 1.165) is 37.1 Å². The Morgan fingerprint density at radius 1 is 1.09 bits per heavy atom. The quantitative estimate of drug-likeness (QED) is 0.853. The van der Waals surface area contributed by atoms with Crippen molar-refractivity contribution in [3.05, 3.63) is 48.5 Å². The molecule has 1 aliphatic rings. The van der Waals surface area contributed by atoms with Crippen LogP contribution in [0.3, 0.4) is 0 Å². The number of nitrogens with zero attached hydrogens (tertiary/aromatic N) is 3. The molecule has 114 valence electrons. The van der Waals surface area contributed by atoms with Gasteiger partial charge in [0.15, 0.2) is 0 Å². The van der Waals surface area contributed by atoms with Gasteiger partial charge < -0.3 is 4.90 Å². The highest BCUT2D eigenvalue weighted by Crippen LogP contribution is 2.29. The van der Waals surface area contributed by atoms with Crippen LogP contribution in [0.1, 0.15) is 37.3 Å². The van der Waals surface area contributed by atoms with Gasteiger partial charge in [0.25, 0.3) is 5.91 Å². The number of amides is 1. The molecule has 1 aliphatic heterocycles. The van der Waals surface area contributed by atoms with Gasteiger partial charge >= 0.3 is 0 Å².